The Morgan fingerprint density at radius 1 is 1.32 bits per heavy atom. The molecule has 0 fully saturated rings. The van der Waals surface area contributed by atoms with Gasteiger partial charge in [0.15, 0.2) is 0 Å². The maximum Gasteiger partial charge on any atom is 0.255 e. The number of furan rings is 1. The number of carbonyl (C=O) groups excluding carboxylic acids is 2. The first-order valence-corrected chi connectivity index (χ1v) is 7.67. The summed E-state index contributed by atoms with van der Waals surface area (Å²) in [4.78, 5) is 32.3. The number of pyridine rings is 1. The third-order valence-corrected chi connectivity index (χ3v) is 3.57. The van der Waals surface area contributed by atoms with Crippen LogP contribution in [0, 0.1) is 0 Å². The van der Waals surface area contributed by atoms with E-state index >= 15 is 0 Å². The molecule has 0 aromatic carbocycles. The fourth-order valence-electron chi connectivity index (χ4n) is 2.19. The molecule has 3 aromatic heterocycles. The molecule has 2 N–H and O–H groups in total. The molecule has 3 heterocycles. The van der Waals surface area contributed by atoms with Crippen molar-refractivity contribution in [2.45, 2.75) is 19.5 Å². The van der Waals surface area contributed by atoms with E-state index in [4.69, 9.17) is 4.42 Å². The number of nitrogens with one attached hydrogen (secondary N) is 2. The smallest absolute Gasteiger partial charge is 0.255 e. The van der Waals surface area contributed by atoms with Gasteiger partial charge in [-0.1, -0.05) is 0 Å². The molecule has 3 aromatic rings. The summed E-state index contributed by atoms with van der Waals surface area (Å²) in [5.41, 5.74) is 1.26. The third-order valence-electron chi connectivity index (χ3n) is 3.57. The van der Waals surface area contributed by atoms with Crippen LogP contribution < -0.4 is 10.6 Å². The van der Waals surface area contributed by atoms with Gasteiger partial charge in [-0.25, -0.2) is 9.97 Å². The summed E-state index contributed by atoms with van der Waals surface area (Å²) >= 11 is 0. The molecule has 0 aliphatic heterocycles. The van der Waals surface area contributed by atoms with Crippen LogP contribution in [0.4, 0.5) is 0 Å². The van der Waals surface area contributed by atoms with E-state index in [1.54, 1.807) is 36.4 Å². The number of carbonyl (C=O) groups is 2. The van der Waals surface area contributed by atoms with Gasteiger partial charge in [0.1, 0.15) is 24.5 Å². The first-order chi connectivity index (χ1) is 12.1. The molecule has 0 aliphatic carbocycles. The van der Waals surface area contributed by atoms with Crippen molar-refractivity contribution >= 4 is 11.8 Å². The average Bonchev–Trinajstić information content (AvgIpc) is 3.33. The van der Waals surface area contributed by atoms with Gasteiger partial charge in [-0.05, 0) is 30.7 Å². The molecule has 0 spiro atoms. The van der Waals surface area contributed by atoms with Crippen molar-refractivity contribution in [3.8, 4) is 5.82 Å². The van der Waals surface area contributed by atoms with Crippen LogP contribution in [-0.2, 0) is 11.3 Å². The average molecular weight is 339 g/mol. The first kappa shape index (κ1) is 16.4. The zero-order valence-corrected chi connectivity index (χ0v) is 13.5. The molecule has 1 unspecified atom stereocenters. The fraction of sp³-hybridized carbons (Fsp3) is 0.176. The summed E-state index contributed by atoms with van der Waals surface area (Å²) in [7, 11) is 0. The van der Waals surface area contributed by atoms with E-state index in [2.05, 4.69) is 20.6 Å². The fourth-order valence-corrected chi connectivity index (χ4v) is 2.19. The van der Waals surface area contributed by atoms with E-state index in [1.807, 2.05) is 12.1 Å². The molecule has 1 atom stereocenters. The number of imidazole rings is 1. The van der Waals surface area contributed by atoms with E-state index in [0.717, 1.165) is 5.56 Å². The topological polar surface area (TPSA) is 102 Å². The molecule has 0 bridgehead atoms. The molecule has 8 heteroatoms. The Morgan fingerprint density at radius 3 is 2.92 bits per heavy atom. The lowest BCUT2D eigenvalue weighted by atomic mass is 10.2. The van der Waals surface area contributed by atoms with Crippen LogP contribution >= 0.6 is 0 Å². The van der Waals surface area contributed by atoms with E-state index < -0.39 is 6.04 Å². The zero-order valence-electron chi connectivity index (χ0n) is 13.5. The maximum absolute atomic E-state index is 12.2. The van der Waals surface area contributed by atoms with Gasteiger partial charge < -0.3 is 15.1 Å². The summed E-state index contributed by atoms with van der Waals surface area (Å²) in [6.45, 7) is 1.95. The maximum atomic E-state index is 12.2. The highest BCUT2D eigenvalue weighted by molar-refractivity contribution is 5.97. The molecule has 0 saturated carbocycles. The Kier molecular flexibility index (Phi) is 4.89. The monoisotopic (exact) mass is 339 g/mol. The van der Waals surface area contributed by atoms with E-state index in [1.165, 1.54) is 18.6 Å². The predicted molar refractivity (Wildman–Crippen MR) is 88.8 cm³/mol. The SMILES string of the molecule is CC(NC(=O)c1ccoc1)C(=O)NCc1ccnc(-n2ccnc2)c1. The quantitative estimate of drug-likeness (QED) is 0.705. The van der Waals surface area contributed by atoms with Crippen molar-refractivity contribution in [1.82, 2.24) is 25.2 Å². The summed E-state index contributed by atoms with van der Waals surface area (Å²) in [6, 6.07) is 4.54. The van der Waals surface area contributed by atoms with Gasteiger partial charge in [0.2, 0.25) is 5.91 Å². The number of rotatable bonds is 6. The lowest BCUT2D eigenvalue weighted by molar-refractivity contribution is -0.122. The lowest BCUT2D eigenvalue weighted by Crippen LogP contribution is -2.44. The summed E-state index contributed by atoms with van der Waals surface area (Å²) in [6.07, 6.45) is 9.51. The molecule has 25 heavy (non-hydrogen) atoms. The Bertz CT molecular complexity index is 843. The van der Waals surface area contributed by atoms with Crippen molar-refractivity contribution in [3.05, 3.63) is 66.8 Å². The molecular formula is C17H17N5O3. The second kappa shape index (κ2) is 7.43. The van der Waals surface area contributed by atoms with Gasteiger partial charge >= 0.3 is 0 Å². The normalized spacial score (nSPS) is 11.7. The summed E-state index contributed by atoms with van der Waals surface area (Å²) < 4.78 is 6.63. The largest absolute Gasteiger partial charge is 0.472 e. The standard InChI is InChI=1S/C17H17N5O3/c1-12(21-17(24)14-3-7-25-10-14)16(23)20-9-13-2-4-19-15(8-13)22-6-5-18-11-22/h2-8,10-12H,9H2,1H3,(H,20,23)(H,21,24). The van der Waals surface area contributed by atoms with Crippen molar-refractivity contribution in [3.63, 3.8) is 0 Å². The van der Waals surface area contributed by atoms with Crippen LogP contribution in [0.15, 0.2) is 60.1 Å². The number of aromatic nitrogens is 3. The molecule has 3 rings (SSSR count). The molecule has 8 nitrogen and oxygen atoms in total. The Balaban J connectivity index is 1.55. The minimum absolute atomic E-state index is 0.280. The Morgan fingerprint density at radius 2 is 2.20 bits per heavy atom. The van der Waals surface area contributed by atoms with Crippen LogP contribution in [-0.4, -0.2) is 32.4 Å². The van der Waals surface area contributed by atoms with Crippen molar-refractivity contribution in [2.24, 2.45) is 0 Å². The van der Waals surface area contributed by atoms with E-state index in [-0.39, 0.29) is 11.8 Å². The van der Waals surface area contributed by atoms with Gasteiger partial charge in [0.05, 0.1) is 11.8 Å². The third kappa shape index (κ3) is 4.11. The Hall–Kier alpha value is -3.42. The summed E-state index contributed by atoms with van der Waals surface area (Å²) in [5.74, 6) is 0.0751. The van der Waals surface area contributed by atoms with Gasteiger partial charge in [-0.15, -0.1) is 0 Å². The second-order valence-corrected chi connectivity index (χ2v) is 5.42. The van der Waals surface area contributed by atoms with Crippen LogP contribution in [0.25, 0.3) is 5.82 Å². The number of amides is 2. The first-order valence-electron chi connectivity index (χ1n) is 7.67. The van der Waals surface area contributed by atoms with Crippen molar-refractivity contribution < 1.29 is 14.0 Å². The van der Waals surface area contributed by atoms with Gasteiger partial charge in [0.25, 0.3) is 5.91 Å². The highest BCUT2D eigenvalue weighted by atomic mass is 16.3. The number of hydrogen-bond donors (Lipinski definition) is 2. The second-order valence-electron chi connectivity index (χ2n) is 5.42. The lowest BCUT2D eigenvalue weighted by Gasteiger charge is -2.14. The Labute approximate surface area is 143 Å². The van der Waals surface area contributed by atoms with Gasteiger partial charge in [-0.3, -0.25) is 14.2 Å². The van der Waals surface area contributed by atoms with Gasteiger partial charge in [-0.2, -0.15) is 0 Å². The van der Waals surface area contributed by atoms with Crippen LogP contribution in [0.3, 0.4) is 0 Å². The van der Waals surface area contributed by atoms with Crippen molar-refractivity contribution in [2.75, 3.05) is 0 Å². The predicted octanol–water partition coefficient (Wildman–Crippen LogP) is 1.29. The zero-order chi connectivity index (χ0) is 17.6. The molecule has 0 radical (unpaired) electrons. The molecule has 2 amide bonds. The number of hydrogen-bond acceptors (Lipinski definition) is 5. The van der Waals surface area contributed by atoms with Crippen LogP contribution in [0.5, 0.6) is 0 Å². The molecular weight excluding hydrogens is 322 g/mol. The van der Waals surface area contributed by atoms with Crippen molar-refractivity contribution in [1.29, 1.82) is 0 Å². The number of nitrogens with zero attached hydrogens (tertiary/aromatic N) is 3. The van der Waals surface area contributed by atoms with E-state index in [0.29, 0.717) is 17.9 Å². The molecule has 128 valence electrons. The van der Waals surface area contributed by atoms with Crippen LogP contribution in [0.1, 0.15) is 22.8 Å². The minimum atomic E-state index is -0.669. The highest BCUT2D eigenvalue weighted by Gasteiger charge is 2.17. The van der Waals surface area contributed by atoms with Gasteiger partial charge in [0, 0.05) is 25.1 Å². The molecule has 0 aliphatic rings. The highest BCUT2D eigenvalue weighted by Crippen LogP contribution is 2.07. The van der Waals surface area contributed by atoms with Crippen LogP contribution in [0.2, 0.25) is 0 Å². The van der Waals surface area contributed by atoms with E-state index in [9.17, 15) is 9.59 Å². The minimum Gasteiger partial charge on any atom is -0.472 e. The summed E-state index contributed by atoms with van der Waals surface area (Å²) in [5, 5.41) is 5.41. The molecule has 0 saturated heterocycles.